The molecule has 2 heteroatoms. The van der Waals surface area contributed by atoms with E-state index in [9.17, 15) is 0 Å². The zero-order chi connectivity index (χ0) is 40.7. The lowest BCUT2D eigenvalue weighted by molar-refractivity contribution is 0.767. The zero-order valence-corrected chi connectivity index (χ0v) is 33.6. The second kappa shape index (κ2) is 13.6. The van der Waals surface area contributed by atoms with E-state index in [1.807, 2.05) is 12.2 Å². The molecule has 9 aromatic carbocycles. The van der Waals surface area contributed by atoms with Gasteiger partial charge in [0.1, 0.15) is 0 Å². The summed E-state index contributed by atoms with van der Waals surface area (Å²) in [6, 6.07) is 73.5. The molecule has 0 radical (unpaired) electrons. The third-order valence-electron chi connectivity index (χ3n) is 13.1. The predicted molar refractivity (Wildman–Crippen MR) is 258 cm³/mol. The average molecular weight is 777 g/mol. The Morgan fingerprint density at radius 2 is 1.13 bits per heavy atom. The topological polar surface area (TPSA) is 8.17 Å². The first kappa shape index (κ1) is 35.0. The van der Waals surface area contributed by atoms with E-state index < -0.39 is 5.41 Å². The van der Waals surface area contributed by atoms with E-state index in [2.05, 4.69) is 229 Å². The molecular formula is C59H40N2. The Morgan fingerprint density at radius 3 is 1.92 bits per heavy atom. The van der Waals surface area contributed by atoms with Crippen molar-refractivity contribution in [3.63, 3.8) is 0 Å². The molecule has 0 spiro atoms. The third-order valence-corrected chi connectivity index (χ3v) is 13.1. The van der Waals surface area contributed by atoms with Crippen LogP contribution in [0.2, 0.25) is 0 Å². The molecule has 12 rings (SSSR count). The normalized spacial score (nSPS) is 15.1. The summed E-state index contributed by atoms with van der Waals surface area (Å²) in [5.74, 6) is 0. The monoisotopic (exact) mass is 776 g/mol. The van der Waals surface area contributed by atoms with E-state index in [1.54, 1.807) is 0 Å². The fraction of sp³-hybridized carbons (Fsp3) is 0.0169. The fourth-order valence-corrected chi connectivity index (χ4v) is 10.8. The summed E-state index contributed by atoms with van der Waals surface area (Å²) >= 11 is 0. The van der Waals surface area contributed by atoms with E-state index in [1.165, 1.54) is 94.0 Å². The summed E-state index contributed by atoms with van der Waals surface area (Å²) in [5.41, 5.74) is 18.6. The second-order valence-electron chi connectivity index (χ2n) is 16.1. The quantitative estimate of drug-likeness (QED) is 0.146. The Kier molecular flexibility index (Phi) is 7.79. The molecule has 1 unspecified atom stereocenters. The summed E-state index contributed by atoms with van der Waals surface area (Å²) in [5, 5.41) is 4.98. The standard InChI is InChI=1S/C59H40N2/c1-3-19-40(4-2)59(41-20-8-5-9-21-41)51-29-16-14-27-49(51)57-52(59)36-35-48-47-34-33-44(46-28-18-31-55(56(46)47)61(58(48)57)43-24-12-7-13-25-43)39-32-37-54-50(38-39)45-26-15-17-30-53(45)60(54)42-22-10-6-11-23-42/h3-38H,1-2H2/b40-19+. The van der Waals surface area contributed by atoms with Gasteiger partial charge < -0.3 is 9.47 Å². The van der Waals surface area contributed by atoms with E-state index in [-0.39, 0.29) is 0 Å². The molecule has 2 nitrogen and oxygen atoms in total. The Balaban J connectivity index is 1.14. The summed E-state index contributed by atoms with van der Waals surface area (Å²) in [6.45, 7) is 8.56. The lowest BCUT2D eigenvalue weighted by Gasteiger charge is -2.37. The first-order valence-electron chi connectivity index (χ1n) is 21.0. The highest BCUT2D eigenvalue weighted by Crippen LogP contribution is 2.64. The first-order chi connectivity index (χ1) is 30.2. The molecule has 1 atom stereocenters. The molecule has 0 amide bonds. The molecule has 0 fully saturated rings. The number of allylic oxidation sites excluding steroid dienone is 4. The van der Waals surface area contributed by atoms with Gasteiger partial charge in [0.2, 0.25) is 0 Å². The van der Waals surface area contributed by atoms with Gasteiger partial charge in [0, 0.05) is 38.7 Å². The molecule has 61 heavy (non-hydrogen) atoms. The van der Waals surface area contributed by atoms with E-state index in [4.69, 9.17) is 0 Å². The summed E-state index contributed by atoms with van der Waals surface area (Å²) in [7, 11) is 0. The SMILES string of the molecule is C=C/C=C(\C=C)C1(c2ccccc2)c2ccccc2-c2c1ccc1c2N(c2ccccc2)c2cccc3c(-c4ccc5c(c4)c4ccccc4n5-c4ccccc4)ccc-1c23. The molecule has 1 aliphatic carbocycles. The van der Waals surface area contributed by atoms with Crippen molar-refractivity contribution < 1.29 is 0 Å². The lowest BCUT2D eigenvalue weighted by atomic mass is 9.67. The van der Waals surface area contributed by atoms with Crippen LogP contribution >= 0.6 is 0 Å². The Hall–Kier alpha value is -7.94. The van der Waals surface area contributed by atoms with Crippen LogP contribution in [0.25, 0.3) is 71.6 Å². The number of fused-ring (bicyclic) bond motifs is 9. The van der Waals surface area contributed by atoms with Crippen molar-refractivity contribution in [2.45, 2.75) is 5.41 Å². The Labute approximate surface area is 355 Å². The highest BCUT2D eigenvalue weighted by atomic mass is 15.2. The molecule has 10 aromatic rings. The number of hydrogen-bond acceptors (Lipinski definition) is 1. The predicted octanol–water partition coefficient (Wildman–Crippen LogP) is 15.7. The van der Waals surface area contributed by atoms with E-state index >= 15 is 0 Å². The van der Waals surface area contributed by atoms with Crippen LogP contribution in [0.1, 0.15) is 16.7 Å². The van der Waals surface area contributed by atoms with Crippen molar-refractivity contribution in [3.8, 4) is 39.1 Å². The van der Waals surface area contributed by atoms with Gasteiger partial charge in [-0.2, -0.15) is 0 Å². The number of benzene rings is 9. The highest BCUT2D eigenvalue weighted by molar-refractivity contribution is 6.20. The van der Waals surface area contributed by atoms with Crippen molar-refractivity contribution in [2.75, 3.05) is 4.90 Å². The van der Waals surface area contributed by atoms with Crippen molar-refractivity contribution in [1.82, 2.24) is 4.57 Å². The van der Waals surface area contributed by atoms with Crippen LogP contribution in [0.3, 0.4) is 0 Å². The van der Waals surface area contributed by atoms with Crippen molar-refractivity contribution in [2.24, 2.45) is 0 Å². The number of nitrogens with zero attached hydrogens (tertiary/aromatic N) is 2. The van der Waals surface area contributed by atoms with Gasteiger partial charge in [-0.25, -0.2) is 0 Å². The number of para-hydroxylation sites is 3. The van der Waals surface area contributed by atoms with Crippen molar-refractivity contribution in [1.29, 1.82) is 0 Å². The fourth-order valence-electron chi connectivity index (χ4n) is 10.8. The largest absolute Gasteiger partial charge is 0.309 e. The smallest absolute Gasteiger partial charge is 0.0714 e. The number of anilines is 3. The van der Waals surface area contributed by atoms with Gasteiger partial charge in [-0.05, 0) is 98.4 Å². The maximum atomic E-state index is 4.40. The van der Waals surface area contributed by atoms with Crippen LogP contribution in [-0.4, -0.2) is 4.57 Å². The van der Waals surface area contributed by atoms with Gasteiger partial charge >= 0.3 is 0 Å². The van der Waals surface area contributed by atoms with E-state index in [0.717, 1.165) is 16.9 Å². The van der Waals surface area contributed by atoms with Gasteiger partial charge in [0.05, 0.1) is 27.8 Å². The Bertz CT molecular complexity index is 3440. The van der Waals surface area contributed by atoms with Crippen molar-refractivity contribution in [3.05, 3.63) is 254 Å². The van der Waals surface area contributed by atoms with E-state index in [0.29, 0.717) is 0 Å². The van der Waals surface area contributed by atoms with Gasteiger partial charge in [-0.1, -0.05) is 183 Å². The molecule has 0 saturated heterocycles. The molecule has 0 saturated carbocycles. The van der Waals surface area contributed by atoms with Gasteiger partial charge in [0.25, 0.3) is 0 Å². The minimum atomic E-state index is -0.598. The van der Waals surface area contributed by atoms with Gasteiger partial charge in [0.15, 0.2) is 0 Å². The summed E-state index contributed by atoms with van der Waals surface area (Å²) in [6.07, 6.45) is 6.04. The Morgan fingerprint density at radius 1 is 0.475 bits per heavy atom. The van der Waals surface area contributed by atoms with Crippen LogP contribution in [0.15, 0.2) is 237 Å². The zero-order valence-electron chi connectivity index (χ0n) is 33.6. The van der Waals surface area contributed by atoms with Crippen molar-refractivity contribution >= 4 is 49.6 Å². The third kappa shape index (κ3) is 4.85. The van der Waals surface area contributed by atoms with Crippen LogP contribution in [0.4, 0.5) is 17.1 Å². The number of rotatable bonds is 7. The maximum Gasteiger partial charge on any atom is 0.0714 e. The molecular weight excluding hydrogens is 737 g/mol. The minimum absolute atomic E-state index is 0.598. The summed E-state index contributed by atoms with van der Waals surface area (Å²) < 4.78 is 2.38. The number of hydrogen-bond donors (Lipinski definition) is 0. The summed E-state index contributed by atoms with van der Waals surface area (Å²) in [4.78, 5) is 2.52. The molecule has 0 bridgehead atoms. The molecule has 1 aromatic heterocycles. The lowest BCUT2D eigenvalue weighted by Crippen LogP contribution is -2.29. The molecule has 2 heterocycles. The maximum absolute atomic E-state index is 4.40. The molecule has 286 valence electrons. The first-order valence-corrected chi connectivity index (χ1v) is 21.0. The second-order valence-corrected chi connectivity index (χ2v) is 16.1. The average Bonchev–Trinajstić information content (AvgIpc) is 3.82. The molecule has 0 N–H and O–H groups in total. The van der Waals surface area contributed by atoms with Crippen LogP contribution < -0.4 is 4.90 Å². The highest BCUT2D eigenvalue weighted by Gasteiger charge is 2.49. The van der Waals surface area contributed by atoms with Gasteiger partial charge in [-0.15, -0.1) is 0 Å². The van der Waals surface area contributed by atoms with Crippen LogP contribution in [0, 0.1) is 0 Å². The van der Waals surface area contributed by atoms with Gasteiger partial charge in [-0.3, -0.25) is 0 Å². The molecule has 1 aliphatic heterocycles. The molecule has 2 aliphatic rings. The minimum Gasteiger partial charge on any atom is -0.309 e. The number of aromatic nitrogens is 1. The van der Waals surface area contributed by atoms with Crippen LogP contribution in [-0.2, 0) is 5.41 Å². The van der Waals surface area contributed by atoms with Crippen LogP contribution in [0.5, 0.6) is 0 Å².